The molecular weight excluding hydrogens is 340 g/mol. The maximum absolute atomic E-state index is 12.5. The van der Waals surface area contributed by atoms with Crippen molar-refractivity contribution in [2.24, 2.45) is 0 Å². The van der Waals surface area contributed by atoms with Gasteiger partial charge in [-0.25, -0.2) is 4.79 Å². The standard InChI is InChI=1S/C23H18O2S/c1-2-25-23(24)22-21(19-10-6-7-11-20(19)26-22)18-14-12-17(13-15-18)16-8-4-3-5-9-16/h3-15H,2H2,1H3. The summed E-state index contributed by atoms with van der Waals surface area (Å²) in [6, 6.07) is 26.8. The lowest BCUT2D eigenvalue weighted by Gasteiger charge is -2.07. The number of rotatable bonds is 4. The van der Waals surface area contributed by atoms with Gasteiger partial charge < -0.3 is 4.74 Å². The van der Waals surface area contributed by atoms with E-state index in [1.165, 1.54) is 16.9 Å². The molecular formula is C23H18O2S. The lowest BCUT2D eigenvalue weighted by Crippen LogP contribution is -2.03. The van der Waals surface area contributed by atoms with E-state index in [-0.39, 0.29) is 5.97 Å². The van der Waals surface area contributed by atoms with Crippen molar-refractivity contribution in [3.63, 3.8) is 0 Å². The molecule has 0 radical (unpaired) electrons. The van der Waals surface area contributed by atoms with E-state index >= 15 is 0 Å². The molecule has 0 unspecified atom stereocenters. The van der Waals surface area contributed by atoms with Gasteiger partial charge in [0.1, 0.15) is 4.88 Å². The van der Waals surface area contributed by atoms with Gasteiger partial charge in [0.05, 0.1) is 6.61 Å². The van der Waals surface area contributed by atoms with Crippen molar-refractivity contribution >= 4 is 27.4 Å². The molecule has 0 aliphatic heterocycles. The Morgan fingerprint density at radius 1 is 0.808 bits per heavy atom. The van der Waals surface area contributed by atoms with Gasteiger partial charge >= 0.3 is 5.97 Å². The second-order valence-corrected chi connectivity index (χ2v) is 7.02. The molecule has 0 fully saturated rings. The average Bonchev–Trinajstić information content (AvgIpc) is 3.09. The highest BCUT2D eigenvalue weighted by Gasteiger charge is 2.20. The number of fused-ring (bicyclic) bond motifs is 1. The summed E-state index contributed by atoms with van der Waals surface area (Å²) in [5.41, 5.74) is 4.33. The summed E-state index contributed by atoms with van der Waals surface area (Å²) in [6.07, 6.45) is 0. The summed E-state index contributed by atoms with van der Waals surface area (Å²) >= 11 is 1.49. The fraction of sp³-hybridized carbons (Fsp3) is 0.0870. The van der Waals surface area contributed by atoms with Crippen molar-refractivity contribution in [1.29, 1.82) is 0 Å². The molecule has 26 heavy (non-hydrogen) atoms. The first-order valence-electron chi connectivity index (χ1n) is 8.62. The first-order valence-corrected chi connectivity index (χ1v) is 9.44. The number of ether oxygens (including phenoxy) is 1. The summed E-state index contributed by atoms with van der Waals surface area (Å²) in [5, 5.41) is 1.09. The Balaban J connectivity index is 1.83. The molecule has 0 aliphatic carbocycles. The number of hydrogen-bond acceptors (Lipinski definition) is 3. The van der Waals surface area contributed by atoms with Crippen LogP contribution in [0.15, 0.2) is 78.9 Å². The van der Waals surface area contributed by atoms with Gasteiger partial charge in [-0.1, -0.05) is 72.8 Å². The minimum absolute atomic E-state index is 0.254. The van der Waals surface area contributed by atoms with Crippen molar-refractivity contribution in [1.82, 2.24) is 0 Å². The predicted octanol–water partition coefficient (Wildman–Crippen LogP) is 6.41. The fourth-order valence-electron chi connectivity index (χ4n) is 3.13. The van der Waals surface area contributed by atoms with E-state index in [2.05, 4.69) is 42.5 Å². The SMILES string of the molecule is CCOC(=O)c1sc2ccccc2c1-c1ccc(-c2ccccc2)cc1. The number of carbonyl (C=O) groups excluding carboxylic acids is 1. The van der Waals surface area contributed by atoms with E-state index < -0.39 is 0 Å². The summed E-state index contributed by atoms with van der Waals surface area (Å²) in [6.45, 7) is 2.21. The molecule has 3 heteroatoms. The number of carbonyl (C=O) groups is 1. The van der Waals surface area contributed by atoms with Crippen molar-refractivity contribution in [3.8, 4) is 22.3 Å². The molecule has 0 saturated carbocycles. The fourth-order valence-corrected chi connectivity index (χ4v) is 4.25. The second-order valence-electron chi connectivity index (χ2n) is 5.97. The van der Waals surface area contributed by atoms with Gasteiger partial charge in [0.15, 0.2) is 0 Å². The molecule has 0 bridgehead atoms. The normalized spacial score (nSPS) is 10.8. The van der Waals surface area contributed by atoms with Crippen LogP contribution in [0.3, 0.4) is 0 Å². The van der Waals surface area contributed by atoms with Gasteiger partial charge in [0.2, 0.25) is 0 Å². The molecule has 1 aromatic heterocycles. The van der Waals surface area contributed by atoms with Crippen LogP contribution in [-0.4, -0.2) is 12.6 Å². The zero-order valence-electron chi connectivity index (χ0n) is 14.4. The van der Waals surface area contributed by atoms with Crippen LogP contribution in [0.2, 0.25) is 0 Å². The topological polar surface area (TPSA) is 26.3 Å². The third-order valence-electron chi connectivity index (χ3n) is 4.34. The van der Waals surface area contributed by atoms with Crippen LogP contribution < -0.4 is 0 Å². The minimum atomic E-state index is -0.254. The maximum atomic E-state index is 12.5. The van der Waals surface area contributed by atoms with E-state index in [1.54, 1.807) is 0 Å². The maximum Gasteiger partial charge on any atom is 0.348 e. The summed E-state index contributed by atoms with van der Waals surface area (Å²) in [5.74, 6) is -0.254. The Kier molecular flexibility index (Phi) is 4.55. The molecule has 3 aromatic carbocycles. The van der Waals surface area contributed by atoms with E-state index in [9.17, 15) is 4.79 Å². The van der Waals surface area contributed by atoms with Crippen LogP contribution >= 0.6 is 11.3 Å². The average molecular weight is 358 g/mol. The van der Waals surface area contributed by atoms with Crippen LogP contribution in [0.25, 0.3) is 32.3 Å². The number of hydrogen-bond donors (Lipinski definition) is 0. The van der Waals surface area contributed by atoms with Crippen LogP contribution in [0.5, 0.6) is 0 Å². The summed E-state index contributed by atoms with van der Waals surface area (Å²) < 4.78 is 6.38. The van der Waals surface area contributed by atoms with Crippen molar-refractivity contribution < 1.29 is 9.53 Å². The zero-order chi connectivity index (χ0) is 17.9. The lowest BCUT2D eigenvalue weighted by atomic mass is 9.98. The second kappa shape index (κ2) is 7.14. The van der Waals surface area contributed by atoms with Crippen molar-refractivity contribution in [2.75, 3.05) is 6.61 Å². The molecule has 2 nitrogen and oxygen atoms in total. The van der Waals surface area contributed by atoms with Crippen LogP contribution in [0.4, 0.5) is 0 Å². The van der Waals surface area contributed by atoms with Crippen molar-refractivity contribution in [3.05, 3.63) is 83.7 Å². The third kappa shape index (κ3) is 3.02. The van der Waals surface area contributed by atoms with E-state index in [4.69, 9.17) is 4.74 Å². The predicted molar refractivity (Wildman–Crippen MR) is 109 cm³/mol. The van der Waals surface area contributed by atoms with Gasteiger partial charge in [-0.3, -0.25) is 0 Å². The highest BCUT2D eigenvalue weighted by molar-refractivity contribution is 7.21. The molecule has 4 rings (SSSR count). The Hall–Kier alpha value is -2.91. The summed E-state index contributed by atoms with van der Waals surface area (Å²) in [7, 11) is 0. The Labute approximate surface area is 156 Å². The van der Waals surface area contributed by atoms with E-state index in [0.29, 0.717) is 11.5 Å². The molecule has 0 atom stereocenters. The van der Waals surface area contributed by atoms with Crippen LogP contribution in [-0.2, 0) is 4.74 Å². The van der Waals surface area contributed by atoms with Gasteiger partial charge in [-0.2, -0.15) is 0 Å². The quantitative estimate of drug-likeness (QED) is 0.394. The first-order chi connectivity index (χ1) is 12.8. The minimum Gasteiger partial charge on any atom is -0.462 e. The Morgan fingerprint density at radius 3 is 2.15 bits per heavy atom. The molecule has 4 aromatic rings. The monoisotopic (exact) mass is 358 g/mol. The van der Waals surface area contributed by atoms with E-state index in [0.717, 1.165) is 26.8 Å². The van der Waals surface area contributed by atoms with Crippen LogP contribution in [0, 0.1) is 0 Å². The number of esters is 1. The van der Waals surface area contributed by atoms with Crippen LogP contribution in [0.1, 0.15) is 16.6 Å². The van der Waals surface area contributed by atoms with Crippen molar-refractivity contribution in [2.45, 2.75) is 6.92 Å². The van der Waals surface area contributed by atoms with Gasteiger partial charge in [-0.15, -0.1) is 11.3 Å². The number of thiophene rings is 1. The summed E-state index contributed by atoms with van der Waals surface area (Å²) in [4.78, 5) is 13.2. The first kappa shape index (κ1) is 16.6. The Morgan fingerprint density at radius 2 is 1.42 bits per heavy atom. The molecule has 0 N–H and O–H groups in total. The third-order valence-corrected chi connectivity index (χ3v) is 5.49. The Bertz CT molecular complexity index is 1050. The lowest BCUT2D eigenvalue weighted by molar-refractivity contribution is 0.0533. The van der Waals surface area contributed by atoms with Gasteiger partial charge in [0, 0.05) is 15.6 Å². The zero-order valence-corrected chi connectivity index (χ0v) is 15.3. The molecule has 128 valence electrons. The highest BCUT2D eigenvalue weighted by atomic mass is 32.1. The molecule has 0 amide bonds. The van der Waals surface area contributed by atoms with Gasteiger partial charge in [0.25, 0.3) is 0 Å². The number of benzene rings is 3. The van der Waals surface area contributed by atoms with E-state index in [1.807, 2.05) is 43.3 Å². The molecule has 0 aliphatic rings. The molecule has 1 heterocycles. The largest absolute Gasteiger partial charge is 0.462 e. The molecule has 0 saturated heterocycles. The smallest absolute Gasteiger partial charge is 0.348 e. The van der Waals surface area contributed by atoms with Gasteiger partial charge in [-0.05, 0) is 29.7 Å². The molecule has 0 spiro atoms. The highest BCUT2D eigenvalue weighted by Crippen LogP contribution is 2.39.